The lowest BCUT2D eigenvalue weighted by molar-refractivity contribution is -0.140. The van der Waals surface area contributed by atoms with Crippen LogP contribution >= 0.6 is 0 Å². The minimum atomic E-state index is -1.01. The van der Waals surface area contributed by atoms with Crippen molar-refractivity contribution in [1.82, 2.24) is 10.6 Å². The molecule has 130 valence electrons. The third kappa shape index (κ3) is 4.45. The summed E-state index contributed by atoms with van der Waals surface area (Å²) in [6.45, 7) is 0.365. The second kappa shape index (κ2) is 7.49. The second-order valence-corrected chi connectivity index (χ2v) is 6.52. The van der Waals surface area contributed by atoms with Crippen molar-refractivity contribution in [3.05, 3.63) is 71.3 Å². The molecular formula is C20H22N2O3. The van der Waals surface area contributed by atoms with Gasteiger partial charge in [-0.1, -0.05) is 54.6 Å². The number of hydrogen-bond donors (Lipinski definition) is 3. The number of amides is 2. The molecule has 0 bridgehead atoms. The molecule has 2 aromatic rings. The Kier molecular flexibility index (Phi) is 5.14. The monoisotopic (exact) mass is 338 g/mol. The predicted octanol–water partition coefficient (Wildman–Crippen LogP) is 1.34. The van der Waals surface area contributed by atoms with Crippen LogP contribution in [0.4, 0.5) is 0 Å². The molecule has 0 fully saturated rings. The van der Waals surface area contributed by atoms with Gasteiger partial charge in [-0.15, -0.1) is 0 Å². The van der Waals surface area contributed by atoms with Gasteiger partial charge >= 0.3 is 11.8 Å². The second-order valence-electron chi connectivity index (χ2n) is 6.52. The summed E-state index contributed by atoms with van der Waals surface area (Å²) in [6.07, 6.45) is 1.81. The number of rotatable bonds is 4. The number of carbonyl (C=O) groups is 2. The van der Waals surface area contributed by atoms with Gasteiger partial charge in [-0.05, 0) is 29.5 Å². The molecule has 25 heavy (non-hydrogen) atoms. The Morgan fingerprint density at radius 3 is 2.32 bits per heavy atom. The van der Waals surface area contributed by atoms with Gasteiger partial charge in [-0.2, -0.15) is 0 Å². The molecule has 0 aliphatic heterocycles. The van der Waals surface area contributed by atoms with Crippen LogP contribution in [-0.2, 0) is 29.0 Å². The highest BCUT2D eigenvalue weighted by Crippen LogP contribution is 2.28. The third-order valence-electron chi connectivity index (χ3n) is 4.58. The smallest absolute Gasteiger partial charge is 0.309 e. The van der Waals surface area contributed by atoms with E-state index in [0.29, 0.717) is 19.4 Å². The molecule has 3 N–H and O–H groups in total. The van der Waals surface area contributed by atoms with Crippen molar-refractivity contribution in [2.45, 2.75) is 31.4 Å². The summed E-state index contributed by atoms with van der Waals surface area (Å²) in [4.78, 5) is 23.8. The van der Waals surface area contributed by atoms with Gasteiger partial charge in [0.2, 0.25) is 0 Å². The van der Waals surface area contributed by atoms with Crippen LogP contribution in [0, 0.1) is 0 Å². The molecule has 1 aliphatic carbocycles. The van der Waals surface area contributed by atoms with Crippen molar-refractivity contribution in [3.63, 3.8) is 0 Å². The van der Waals surface area contributed by atoms with Crippen LogP contribution in [0.25, 0.3) is 0 Å². The number of aryl methyl sites for hydroxylation is 1. The molecule has 1 atom stereocenters. The van der Waals surface area contributed by atoms with E-state index in [1.165, 1.54) is 5.56 Å². The summed E-state index contributed by atoms with van der Waals surface area (Å²) in [5.74, 6) is -1.41. The molecule has 0 aromatic heterocycles. The first-order valence-corrected chi connectivity index (χ1v) is 8.45. The average Bonchev–Trinajstić information content (AvgIpc) is 2.65. The fourth-order valence-electron chi connectivity index (χ4n) is 3.12. The van der Waals surface area contributed by atoms with E-state index in [2.05, 4.69) is 16.7 Å². The molecule has 0 unspecified atom stereocenters. The Morgan fingerprint density at radius 1 is 0.920 bits per heavy atom. The molecule has 0 spiro atoms. The number of benzene rings is 2. The Hall–Kier alpha value is -2.66. The molecule has 0 saturated carbocycles. The highest BCUT2D eigenvalue weighted by Gasteiger charge is 2.32. The van der Waals surface area contributed by atoms with E-state index >= 15 is 0 Å². The molecule has 5 heteroatoms. The normalized spacial score (nSPS) is 18.9. The Bertz CT molecular complexity index is 761. The van der Waals surface area contributed by atoms with Gasteiger partial charge in [-0.25, -0.2) is 0 Å². The lowest BCUT2D eigenvalue weighted by Crippen LogP contribution is -2.50. The number of hydrogen-bond acceptors (Lipinski definition) is 3. The van der Waals surface area contributed by atoms with Crippen molar-refractivity contribution in [1.29, 1.82) is 0 Å². The lowest BCUT2D eigenvalue weighted by Gasteiger charge is -2.33. The maximum atomic E-state index is 12.0. The summed E-state index contributed by atoms with van der Waals surface area (Å²) in [5, 5.41) is 15.9. The average molecular weight is 338 g/mol. The zero-order chi connectivity index (χ0) is 17.7. The molecule has 2 aromatic carbocycles. The third-order valence-corrected chi connectivity index (χ3v) is 4.58. The van der Waals surface area contributed by atoms with E-state index in [1.807, 2.05) is 48.5 Å². The van der Waals surface area contributed by atoms with Crippen molar-refractivity contribution in [2.75, 3.05) is 6.54 Å². The van der Waals surface area contributed by atoms with Crippen molar-refractivity contribution < 1.29 is 14.7 Å². The van der Waals surface area contributed by atoms with Crippen LogP contribution in [-0.4, -0.2) is 29.1 Å². The first kappa shape index (κ1) is 17.2. The summed E-state index contributed by atoms with van der Waals surface area (Å²) in [7, 11) is 0. The van der Waals surface area contributed by atoms with E-state index in [9.17, 15) is 14.7 Å². The Labute approximate surface area is 147 Å². The van der Waals surface area contributed by atoms with Crippen LogP contribution in [0.2, 0.25) is 0 Å². The zero-order valence-corrected chi connectivity index (χ0v) is 14.0. The lowest BCUT2D eigenvalue weighted by atomic mass is 9.80. The fraction of sp³-hybridized carbons (Fsp3) is 0.300. The first-order valence-electron chi connectivity index (χ1n) is 8.45. The van der Waals surface area contributed by atoms with E-state index in [-0.39, 0.29) is 6.54 Å². The molecule has 3 rings (SSSR count). The van der Waals surface area contributed by atoms with Gasteiger partial charge in [-0.3, -0.25) is 9.59 Å². The van der Waals surface area contributed by atoms with E-state index in [4.69, 9.17) is 0 Å². The maximum Gasteiger partial charge on any atom is 0.309 e. The fourth-order valence-corrected chi connectivity index (χ4v) is 3.12. The molecule has 5 nitrogen and oxygen atoms in total. The summed E-state index contributed by atoms with van der Waals surface area (Å²) in [5.41, 5.74) is 2.24. The van der Waals surface area contributed by atoms with E-state index < -0.39 is 17.4 Å². The Morgan fingerprint density at radius 2 is 1.56 bits per heavy atom. The number of nitrogens with one attached hydrogen (secondary N) is 2. The van der Waals surface area contributed by atoms with Gasteiger partial charge in [0.05, 0.1) is 5.60 Å². The van der Waals surface area contributed by atoms with Gasteiger partial charge in [0, 0.05) is 19.5 Å². The van der Waals surface area contributed by atoms with Crippen LogP contribution < -0.4 is 10.6 Å². The molecular weight excluding hydrogens is 316 g/mol. The predicted molar refractivity (Wildman–Crippen MR) is 94.7 cm³/mol. The topological polar surface area (TPSA) is 78.4 Å². The van der Waals surface area contributed by atoms with Crippen LogP contribution in [0.15, 0.2) is 54.6 Å². The Balaban J connectivity index is 1.49. The first-order chi connectivity index (χ1) is 12.1. The quantitative estimate of drug-likeness (QED) is 0.736. The number of fused-ring (bicyclic) bond motifs is 1. The maximum absolute atomic E-state index is 12.0. The minimum absolute atomic E-state index is 0.0684. The van der Waals surface area contributed by atoms with E-state index in [1.54, 1.807) is 0 Å². The van der Waals surface area contributed by atoms with Crippen LogP contribution in [0.5, 0.6) is 0 Å². The van der Waals surface area contributed by atoms with Crippen molar-refractivity contribution >= 4 is 11.8 Å². The summed E-state index contributed by atoms with van der Waals surface area (Å²) >= 11 is 0. The summed E-state index contributed by atoms with van der Waals surface area (Å²) in [6, 6.07) is 17.4. The number of carbonyl (C=O) groups excluding carboxylic acids is 2. The highest BCUT2D eigenvalue weighted by atomic mass is 16.3. The number of aliphatic hydroxyl groups is 1. The largest absolute Gasteiger partial charge is 0.388 e. The summed E-state index contributed by atoms with van der Waals surface area (Å²) < 4.78 is 0. The SMILES string of the molecule is O=C(NCc1ccccc1)C(=O)NC[C@@]1(O)CCc2ccccc2C1. The minimum Gasteiger partial charge on any atom is -0.388 e. The van der Waals surface area contributed by atoms with Crippen LogP contribution in [0.1, 0.15) is 23.1 Å². The van der Waals surface area contributed by atoms with E-state index in [0.717, 1.165) is 17.5 Å². The van der Waals surface area contributed by atoms with Gasteiger partial charge in [0.1, 0.15) is 0 Å². The molecule has 1 aliphatic rings. The van der Waals surface area contributed by atoms with Crippen molar-refractivity contribution in [2.24, 2.45) is 0 Å². The van der Waals surface area contributed by atoms with Gasteiger partial charge in [0.25, 0.3) is 0 Å². The van der Waals surface area contributed by atoms with Crippen LogP contribution in [0.3, 0.4) is 0 Å². The van der Waals surface area contributed by atoms with Crippen molar-refractivity contribution in [3.8, 4) is 0 Å². The zero-order valence-electron chi connectivity index (χ0n) is 14.0. The molecule has 2 amide bonds. The molecule has 0 saturated heterocycles. The molecule has 0 heterocycles. The standard InChI is InChI=1S/C20H22N2O3/c23-18(21-13-15-6-2-1-3-7-15)19(24)22-14-20(25)11-10-16-8-4-5-9-17(16)12-20/h1-9,25H,10-14H2,(H,21,23)(H,22,24)/t20-/m1/s1. The van der Waals surface area contributed by atoms with Gasteiger partial charge in [0.15, 0.2) is 0 Å². The molecule has 0 radical (unpaired) electrons. The highest BCUT2D eigenvalue weighted by molar-refractivity contribution is 6.35. The van der Waals surface area contributed by atoms with Gasteiger partial charge < -0.3 is 15.7 Å².